The third-order valence-electron chi connectivity index (χ3n) is 5.42. The molecular weight excluding hydrogens is 326 g/mol. The van der Waals surface area contributed by atoms with Gasteiger partial charge in [0, 0.05) is 25.0 Å². The van der Waals surface area contributed by atoms with Crippen molar-refractivity contribution in [3.05, 3.63) is 30.0 Å². The van der Waals surface area contributed by atoms with E-state index in [9.17, 15) is 5.26 Å². The highest BCUT2D eigenvalue weighted by atomic mass is 16.5. The van der Waals surface area contributed by atoms with E-state index in [1.807, 2.05) is 24.3 Å². The van der Waals surface area contributed by atoms with E-state index >= 15 is 0 Å². The number of nitriles is 1. The molecule has 0 amide bonds. The number of hydrogen-bond acceptors (Lipinski definition) is 6. The van der Waals surface area contributed by atoms with E-state index in [-0.39, 0.29) is 6.10 Å². The smallest absolute Gasteiger partial charge is 0.187 e. The van der Waals surface area contributed by atoms with Gasteiger partial charge < -0.3 is 14.5 Å². The Labute approximate surface area is 154 Å². The lowest BCUT2D eigenvalue weighted by Gasteiger charge is -2.26. The zero-order valence-corrected chi connectivity index (χ0v) is 15.1. The van der Waals surface area contributed by atoms with Crippen molar-refractivity contribution in [2.24, 2.45) is 0 Å². The van der Waals surface area contributed by atoms with Gasteiger partial charge in [-0.15, -0.1) is 10.2 Å². The van der Waals surface area contributed by atoms with Crippen molar-refractivity contribution in [1.29, 1.82) is 5.26 Å². The van der Waals surface area contributed by atoms with Crippen molar-refractivity contribution in [2.75, 3.05) is 44.2 Å². The summed E-state index contributed by atoms with van der Waals surface area (Å²) in [6, 6.07) is 10.1. The van der Waals surface area contributed by atoms with Crippen molar-refractivity contribution >= 4 is 16.6 Å². The maximum Gasteiger partial charge on any atom is 0.187 e. The third kappa shape index (κ3) is 3.64. The van der Waals surface area contributed by atoms with Gasteiger partial charge in [-0.05, 0) is 38.4 Å². The summed E-state index contributed by atoms with van der Waals surface area (Å²) in [6.45, 7) is 5.93. The van der Waals surface area contributed by atoms with Crippen molar-refractivity contribution in [2.45, 2.75) is 31.8 Å². The molecule has 6 nitrogen and oxygen atoms in total. The fraction of sp³-hybridized carbons (Fsp3) is 0.550. The summed E-state index contributed by atoms with van der Waals surface area (Å²) in [5, 5.41) is 18.8. The quantitative estimate of drug-likeness (QED) is 0.825. The summed E-state index contributed by atoms with van der Waals surface area (Å²) < 4.78 is 6.14. The molecule has 0 aliphatic carbocycles. The fourth-order valence-corrected chi connectivity index (χ4v) is 4.03. The van der Waals surface area contributed by atoms with Crippen LogP contribution in [0, 0.1) is 11.3 Å². The molecule has 0 radical (unpaired) electrons. The number of anilines is 1. The van der Waals surface area contributed by atoms with Crippen LogP contribution in [0.2, 0.25) is 0 Å². The molecule has 2 aliphatic heterocycles. The molecule has 26 heavy (non-hydrogen) atoms. The van der Waals surface area contributed by atoms with Gasteiger partial charge in [0.05, 0.1) is 23.9 Å². The van der Waals surface area contributed by atoms with Crippen LogP contribution in [0.5, 0.6) is 0 Å². The summed E-state index contributed by atoms with van der Waals surface area (Å²) >= 11 is 0. The average molecular weight is 351 g/mol. The predicted octanol–water partition coefficient (Wildman–Crippen LogP) is 2.58. The summed E-state index contributed by atoms with van der Waals surface area (Å²) in [4.78, 5) is 4.74. The Bertz CT molecular complexity index is 796. The Kier molecular flexibility index (Phi) is 5.28. The maximum absolute atomic E-state index is 9.47. The Morgan fingerprint density at radius 1 is 1.12 bits per heavy atom. The van der Waals surface area contributed by atoms with E-state index in [4.69, 9.17) is 4.74 Å². The Morgan fingerprint density at radius 3 is 2.81 bits per heavy atom. The number of benzene rings is 1. The van der Waals surface area contributed by atoms with Gasteiger partial charge in [-0.2, -0.15) is 5.26 Å². The number of hydrogen-bond donors (Lipinski definition) is 0. The highest BCUT2D eigenvalue weighted by Gasteiger charge is 2.27. The molecule has 1 aromatic carbocycles. The minimum absolute atomic E-state index is 0.221. The lowest BCUT2D eigenvalue weighted by atomic mass is 10.1. The molecule has 0 unspecified atom stereocenters. The number of fused-ring (bicyclic) bond motifs is 1. The first-order valence-corrected chi connectivity index (χ1v) is 9.59. The van der Waals surface area contributed by atoms with E-state index < -0.39 is 0 Å². The van der Waals surface area contributed by atoms with Gasteiger partial charge in [0.1, 0.15) is 6.07 Å². The first kappa shape index (κ1) is 17.2. The van der Waals surface area contributed by atoms with Gasteiger partial charge in [-0.3, -0.25) is 0 Å². The van der Waals surface area contributed by atoms with Crippen LogP contribution >= 0.6 is 0 Å². The number of piperidine rings is 1. The molecular formula is C20H25N5O. The summed E-state index contributed by atoms with van der Waals surface area (Å²) in [5.41, 5.74) is 2.13. The summed E-state index contributed by atoms with van der Waals surface area (Å²) in [5.74, 6) is 0. The monoisotopic (exact) mass is 351 g/mol. The fourth-order valence-electron chi connectivity index (χ4n) is 4.03. The average Bonchev–Trinajstić information content (AvgIpc) is 3.16. The molecule has 4 rings (SSSR count). The van der Waals surface area contributed by atoms with Crippen molar-refractivity contribution < 1.29 is 4.74 Å². The molecule has 3 heterocycles. The van der Waals surface area contributed by atoms with Crippen LogP contribution in [0.1, 0.15) is 31.4 Å². The number of nitrogens with zero attached hydrogens (tertiary/aromatic N) is 5. The van der Waals surface area contributed by atoms with E-state index in [0.717, 1.165) is 49.3 Å². The minimum atomic E-state index is 0.221. The molecule has 2 fully saturated rings. The normalized spacial score (nSPS) is 21.2. The lowest BCUT2D eigenvalue weighted by Crippen LogP contribution is -2.34. The van der Waals surface area contributed by atoms with Gasteiger partial charge in [0.15, 0.2) is 5.69 Å². The predicted molar refractivity (Wildman–Crippen MR) is 101 cm³/mol. The first-order valence-electron chi connectivity index (χ1n) is 9.59. The SMILES string of the molecule is N#Cc1nnc2ccccc2c1N1CC[C@@H](OCCN2CCCCC2)C1. The zero-order valence-electron chi connectivity index (χ0n) is 15.1. The van der Waals surface area contributed by atoms with E-state index in [1.165, 1.54) is 32.4 Å². The molecule has 6 heteroatoms. The van der Waals surface area contributed by atoms with Crippen LogP contribution in [-0.2, 0) is 4.74 Å². The Morgan fingerprint density at radius 2 is 1.96 bits per heavy atom. The second-order valence-corrected chi connectivity index (χ2v) is 7.16. The molecule has 0 N–H and O–H groups in total. The van der Waals surface area contributed by atoms with Crippen LogP contribution in [0.15, 0.2) is 24.3 Å². The van der Waals surface area contributed by atoms with Crippen LogP contribution < -0.4 is 4.90 Å². The van der Waals surface area contributed by atoms with Gasteiger partial charge in [-0.1, -0.05) is 24.6 Å². The molecule has 1 aromatic heterocycles. The second-order valence-electron chi connectivity index (χ2n) is 7.16. The van der Waals surface area contributed by atoms with Crippen LogP contribution in [0.25, 0.3) is 10.9 Å². The lowest BCUT2D eigenvalue weighted by molar-refractivity contribution is 0.0467. The van der Waals surface area contributed by atoms with Crippen molar-refractivity contribution in [1.82, 2.24) is 15.1 Å². The van der Waals surface area contributed by atoms with E-state index in [1.54, 1.807) is 0 Å². The Balaban J connectivity index is 1.41. The highest BCUT2D eigenvalue weighted by molar-refractivity contribution is 5.93. The molecule has 2 saturated heterocycles. The summed E-state index contributed by atoms with van der Waals surface area (Å²) in [6.07, 6.45) is 5.20. The maximum atomic E-state index is 9.47. The zero-order chi connectivity index (χ0) is 17.8. The van der Waals surface area contributed by atoms with Crippen LogP contribution in [0.3, 0.4) is 0 Å². The van der Waals surface area contributed by atoms with Gasteiger partial charge in [0.25, 0.3) is 0 Å². The second kappa shape index (κ2) is 7.98. The third-order valence-corrected chi connectivity index (χ3v) is 5.42. The van der Waals surface area contributed by atoms with Gasteiger partial charge >= 0.3 is 0 Å². The van der Waals surface area contributed by atoms with Crippen molar-refractivity contribution in [3.63, 3.8) is 0 Å². The molecule has 2 aliphatic rings. The number of likely N-dealkylation sites (tertiary alicyclic amines) is 1. The highest BCUT2D eigenvalue weighted by Crippen LogP contribution is 2.31. The topological polar surface area (TPSA) is 65.3 Å². The largest absolute Gasteiger partial charge is 0.375 e. The van der Waals surface area contributed by atoms with Crippen LogP contribution in [0.4, 0.5) is 5.69 Å². The molecule has 2 aromatic rings. The summed E-state index contributed by atoms with van der Waals surface area (Å²) in [7, 11) is 0. The van der Waals surface area contributed by atoms with Crippen molar-refractivity contribution in [3.8, 4) is 6.07 Å². The van der Waals surface area contributed by atoms with Gasteiger partial charge in [-0.25, -0.2) is 0 Å². The number of rotatable bonds is 5. The number of aromatic nitrogens is 2. The van der Waals surface area contributed by atoms with Crippen LogP contribution in [-0.4, -0.2) is 60.5 Å². The van der Waals surface area contributed by atoms with Gasteiger partial charge in [0.2, 0.25) is 0 Å². The standard InChI is InChI=1S/C20H25N5O/c21-14-19-20(17-6-2-3-7-18(17)22-23-19)25-11-8-16(15-25)26-13-12-24-9-4-1-5-10-24/h2-3,6-7,16H,1,4-5,8-13,15H2/t16-/m1/s1. The van der Waals surface area contributed by atoms with E-state index in [2.05, 4.69) is 26.1 Å². The minimum Gasteiger partial charge on any atom is -0.375 e. The molecule has 136 valence electrons. The molecule has 0 bridgehead atoms. The number of ether oxygens (including phenoxy) is 1. The molecule has 0 saturated carbocycles. The molecule has 0 spiro atoms. The van der Waals surface area contributed by atoms with E-state index in [0.29, 0.717) is 5.69 Å². The Hall–Kier alpha value is -2.23. The molecule has 1 atom stereocenters. The first-order chi connectivity index (χ1) is 12.8.